The number of benzene rings is 2. The SMILES string of the molecule is COC(=O)[C@H]1Cc2c([nH]c3ccccc23)[C@H](c2ccccc2Br)N1C(=O)CCl. The monoisotopic (exact) mass is 460 g/mol. The molecule has 1 aliphatic heterocycles. The number of carbonyl (C=O) groups is 2. The molecule has 144 valence electrons. The fraction of sp³-hybridized carbons (Fsp3) is 0.238. The van der Waals surface area contributed by atoms with Crippen molar-refractivity contribution in [3.63, 3.8) is 0 Å². The van der Waals surface area contributed by atoms with Crippen molar-refractivity contribution in [2.45, 2.75) is 18.5 Å². The van der Waals surface area contributed by atoms with Crippen LogP contribution in [-0.4, -0.2) is 40.8 Å². The first kappa shape index (κ1) is 19.0. The van der Waals surface area contributed by atoms with Crippen LogP contribution >= 0.6 is 27.5 Å². The summed E-state index contributed by atoms with van der Waals surface area (Å²) in [5, 5.41) is 1.04. The summed E-state index contributed by atoms with van der Waals surface area (Å²) >= 11 is 9.53. The highest BCUT2D eigenvalue weighted by molar-refractivity contribution is 9.10. The van der Waals surface area contributed by atoms with Gasteiger partial charge < -0.3 is 14.6 Å². The Balaban J connectivity index is 2.01. The first-order chi connectivity index (χ1) is 13.6. The van der Waals surface area contributed by atoms with E-state index in [4.69, 9.17) is 16.3 Å². The molecule has 0 spiro atoms. The minimum atomic E-state index is -0.750. The summed E-state index contributed by atoms with van der Waals surface area (Å²) in [4.78, 5) is 30.5. The van der Waals surface area contributed by atoms with Gasteiger partial charge in [0.05, 0.1) is 13.2 Å². The van der Waals surface area contributed by atoms with E-state index in [2.05, 4.69) is 20.9 Å². The van der Waals surface area contributed by atoms with Crippen LogP contribution in [0.25, 0.3) is 10.9 Å². The van der Waals surface area contributed by atoms with Crippen molar-refractivity contribution in [2.75, 3.05) is 13.0 Å². The number of hydrogen-bond acceptors (Lipinski definition) is 3. The van der Waals surface area contributed by atoms with Gasteiger partial charge in [-0.1, -0.05) is 52.3 Å². The summed E-state index contributed by atoms with van der Waals surface area (Å²) in [5.41, 5.74) is 3.76. The van der Waals surface area contributed by atoms with E-state index >= 15 is 0 Å². The molecule has 3 aromatic rings. The highest BCUT2D eigenvalue weighted by atomic mass is 79.9. The van der Waals surface area contributed by atoms with Crippen molar-refractivity contribution in [3.8, 4) is 0 Å². The molecule has 4 rings (SSSR count). The number of alkyl halides is 1. The van der Waals surface area contributed by atoms with E-state index in [9.17, 15) is 9.59 Å². The fourth-order valence-corrected chi connectivity index (χ4v) is 4.65. The Morgan fingerprint density at radius 2 is 1.93 bits per heavy atom. The maximum Gasteiger partial charge on any atom is 0.328 e. The normalized spacial score (nSPS) is 18.8. The minimum Gasteiger partial charge on any atom is -0.467 e. The Morgan fingerprint density at radius 3 is 2.64 bits per heavy atom. The molecule has 2 atom stereocenters. The Bertz CT molecular complexity index is 1060. The smallest absolute Gasteiger partial charge is 0.328 e. The Hall–Kier alpha value is -2.31. The number of fused-ring (bicyclic) bond motifs is 3. The third kappa shape index (κ3) is 3.01. The molecule has 0 bridgehead atoms. The molecule has 0 fully saturated rings. The fourth-order valence-electron chi connectivity index (χ4n) is 4.01. The van der Waals surface area contributed by atoms with Gasteiger partial charge in [-0.2, -0.15) is 0 Å². The maximum atomic E-state index is 12.9. The lowest BCUT2D eigenvalue weighted by atomic mass is 9.88. The molecule has 0 saturated heterocycles. The topological polar surface area (TPSA) is 62.4 Å². The van der Waals surface area contributed by atoms with Gasteiger partial charge in [-0.3, -0.25) is 4.79 Å². The lowest BCUT2D eigenvalue weighted by Crippen LogP contribution is -2.52. The molecule has 0 aliphatic carbocycles. The van der Waals surface area contributed by atoms with Crippen LogP contribution in [0, 0.1) is 0 Å². The van der Waals surface area contributed by atoms with Crippen LogP contribution < -0.4 is 0 Å². The van der Waals surface area contributed by atoms with Crippen molar-refractivity contribution in [1.29, 1.82) is 0 Å². The zero-order valence-electron chi connectivity index (χ0n) is 15.1. The summed E-state index contributed by atoms with van der Waals surface area (Å²) in [5.74, 6) is -0.988. The molecule has 28 heavy (non-hydrogen) atoms. The molecule has 1 aliphatic rings. The average Bonchev–Trinajstić information content (AvgIpc) is 3.10. The van der Waals surface area contributed by atoms with Gasteiger partial charge in [0.25, 0.3) is 0 Å². The second-order valence-electron chi connectivity index (χ2n) is 6.66. The number of rotatable bonds is 3. The number of esters is 1. The number of nitrogens with one attached hydrogen (secondary N) is 1. The number of hydrogen-bond donors (Lipinski definition) is 1. The summed E-state index contributed by atoms with van der Waals surface area (Å²) in [6, 6.07) is 14.4. The van der Waals surface area contributed by atoms with Crippen molar-refractivity contribution in [3.05, 3.63) is 69.8 Å². The van der Waals surface area contributed by atoms with Crippen LogP contribution in [0.1, 0.15) is 22.9 Å². The zero-order chi connectivity index (χ0) is 19.8. The van der Waals surface area contributed by atoms with E-state index in [1.807, 2.05) is 48.5 Å². The average molecular weight is 462 g/mol. The molecule has 2 heterocycles. The molecular weight excluding hydrogens is 444 g/mol. The largest absolute Gasteiger partial charge is 0.467 e. The summed E-state index contributed by atoms with van der Waals surface area (Å²) in [6.45, 7) is 0. The van der Waals surface area contributed by atoms with Gasteiger partial charge in [-0.25, -0.2) is 4.79 Å². The second-order valence-corrected chi connectivity index (χ2v) is 7.79. The number of aromatic amines is 1. The van der Waals surface area contributed by atoms with E-state index < -0.39 is 18.1 Å². The Labute approximate surface area is 175 Å². The lowest BCUT2D eigenvalue weighted by molar-refractivity contribution is -0.154. The van der Waals surface area contributed by atoms with E-state index in [-0.39, 0.29) is 11.8 Å². The van der Waals surface area contributed by atoms with Crippen LogP contribution in [0.4, 0.5) is 0 Å². The van der Waals surface area contributed by atoms with Crippen LogP contribution in [0.15, 0.2) is 53.0 Å². The van der Waals surface area contributed by atoms with Gasteiger partial charge in [0, 0.05) is 27.5 Å². The zero-order valence-corrected chi connectivity index (χ0v) is 17.5. The number of H-pyrrole nitrogens is 1. The third-order valence-corrected chi connectivity index (χ3v) is 6.16. The molecule has 1 aromatic heterocycles. The highest BCUT2D eigenvalue weighted by Crippen LogP contribution is 2.43. The van der Waals surface area contributed by atoms with Crippen LogP contribution in [-0.2, 0) is 20.7 Å². The predicted octanol–water partition coefficient (Wildman–Crippen LogP) is 4.18. The van der Waals surface area contributed by atoms with Crippen molar-refractivity contribution in [2.24, 2.45) is 0 Å². The van der Waals surface area contributed by atoms with E-state index in [0.717, 1.165) is 32.2 Å². The molecular formula is C21H18BrClN2O3. The number of para-hydroxylation sites is 1. The number of ether oxygens (including phenoxy) is 1. The van der Waals surface area contributed by atoms with Crippen LogP contribution in [0.5, 0.6) is 0 Å². The predicted molar refractivity (Wildman–Crippen MR) is 111 cm³/mol. The number of aromatic nitrogens is 1. The van der Waals surface area contributed by atoms with E-state index in [1.165, 1.54) is 7.11 Å². The summed E-state index contributed by atoms with van der Waals surface area (Å²) in [6.07, 6.45) is 0.371. The first-order valence-electron chi connectivity index (χ1n) is 8.85. The highest BCUT2D eigenvalue weighted by Gasteiger charge is 2.44. The van der Waals surface area contributed by atoms with E-state index in [0.29, 0.717) is 6.42 Å². The molecule has 7 heteroatoms. The number of carbonyl (C=O) groups excluding carboxylic acids is 2. The van der Waals surface area contributed by atoms with Gasteiger partial charge in [0.2, 0.25) is 5.91 Å². The van der Waals surface area contributed by atoms with Gasteiger partial charge in [-0.05, 0) is 23.3 Å². The Kier molecular flexibility index (Phi) is 5.17. The number of amides is 1. The number of nitrogens with zero attached hydrogens (tertiary/aromatic N) is 1. The summed E-state index contributed by atoms with van der Waals surface area (Å²) < 4.78 is 5.88. The quantitative estimate of drug-likeness (QED) is 0.470. The lowest BCUT2D eigenvalue weighted by Gasteiger charge is -2.41. The van der Waals surface area contributed by atoms with E-state index in [1.54, 1.807) is 4.90 Å². The first-order valence-corrected chi connectivity index (χ1v) is 10.2. The molecule has 2 aromatic carbocycles. The molecule has 0 radical (unpaired) electrons. The molecule has 0 unspecified atom stereocenters. The molecule has 1 N–H and O–H groups in total. The van der Waals surface area contributed by atoms with Gasteiger partial charge in [0.1, 0.15) is 11.9 Å². The minimum absolute atomic E-state index is 0.218. The number of halogens is 2. The third-order valence-electron chi connectivity index (χ3n) is 5.21. The van der Waals surface area contributed by atoms with Crippen molar-refractivity contribution < 1.29 is 14.3 Å². The van der Waals surface area contributed by atoms with Gasteiger partial charge in [0.15, 0.2) is 0 Å². The van der Waals surface area contributed by atoms with Crippen LogP contribution in [0.2, 0.25) is 0 Å². The van der Waals surface area contributed by atoms with Crippen molar-refractivity contribution >= 4 is 50.3 Å². The molecule has 5 nitrogen and oxygen atoms in total. The molecule has 1 amide bonds. The van der Waals surface area contributed by atoms with Crippen molar-refractivity contribution in [1.82, 2.24) is 9.88 Å². The number of methoxy groups -OCH3 is 1. The van der Waals surface area contributed by atoms with Crippen LogP contribution in [0.3, 0.4) is 0 Å². The van der Waals surface area contributed by atoms with Gasteiger partial charge in [-0.15, -0.1) is 11.6 Å². The Morgan fingerprint density at radius 1 is 1.21 bits per heavy atom. The van der Waals surface area contributed by atoms with Gasteiger partial charge >= 0.3 is 5.97 Å². The molecule has 0 saturated carbocycles. The second kappa shape index (κ2) is 7.60. The summed E-state index contributed by atoms with van der Waals surface area (Å²) in [7, 11) is 1.34. The standard InChI is InChI=1S/C21H18BrClN2O3/c1-28-21(27)17-10-14-12-6-3-5-9-16(12)24-19(14)20(25(17)18(26)11-23)13-7-2-4-8-15(13)22/h2-9,17,20,24H,10-11H2,1H3/t17-,20+/m1/s1. The maximum absolute atomic E-state index is 12.9.